The van der Waals surface area contributed by atoms with Gasteiger partial charge in [0.15, 0.2) is 9.84 Å². The number of nitrogens with zero attached hydrogens (tertiary/aromatic N) is 6. The van der Waals surface area contributed by atoms with Crippen molar-refractivity contribution in [1.82, 2.24) is 24.4 Å². The molecule has 1 aliphatic heterocycles. The van der Waals surface area contributed by atoms with Crippen molar-refractivity contribution in [2.45, 2.75) is 0 Å². The maximum absolute atomic E-state index is 13.2. The molecule has 11 nitrogen and oxygen atoms in total. The number of nitrogens with one attached hydrogen (secondary N) is 1. The van der Waals surface area contributed by atoms with Crippen LogP contribution < -0.4 is 15.6 Å². The number of nitriles is 1. The van der Waals surface area contributed by atoms with E-state index in [1.807, 2.05) is 4.90 Å². The summed E-state index contributed by atoms with van der Waals surface area (Å²) in [5.41, 5.74) is 1.49. The summed E-state index contributed by atoms with van der Waals surface area (Å²) >= 11 is 12.7. The second kappa shape index (κ2) is 11.4. The van der Waals surface area contributed by atoms with E-state index in [0.717, 1.165) is 0 Å². The van der Waals surface area contributed by atoms with Gasteiger partial charge in [-0.25, -0.2) is 18.4 Å². The van der Waals surface area contributed by atoms with Gasteiger partial charge in [0.25, 0.3) is 5.56 Å². The second-order valence-electron chi connectivity index (χ2n) is 9.15. The molecule has 0 bridgehead atoms. The molecule has 0 saturated carbocycles. The van der Waals surface area contributed by atoms with Crippen LogP contribution >= 0.6 is 23.2 Å². The summed E-state index contributed by atoms with van der Waals surface area (Å²) in [7, 11) is -1.35. The molecule has 14 heteroatoms. The minimum atomic E-state index is -2.95. The number of fused-ring (bicyclic) bond motifs is 1. The van der Waals surface area contributed by atoms with Gasteiger partial charge in [-0.2, -0.15) is 10.2 Å². The molecule has 0 unspecified atom stereocenters. The number of hydrogen-bond acceptors (Lipinski definition) is 10. The summed E-state index contributed by atoms with van der Waals surface area (Å²) in [6.45, 7) is 1.70. The van der Waals surface area contributed by atoms with Crippen LogP contribution in [0.5, 0.6) is 5.88 Å². The summed E-state index contributed by atoms with van der Waals surface area (Å²) in [5.74, 6) is 0.643. The zero-order valence-corrected chi connectivity index (χ0v) is 23.6. The molecule has 0 spiro atoms. The highest BCUT2D eigenvalue weighted by Crippen LogP contribution is 2.33. The molecule has 4 heterocycles. The van der Waals surface area contributed by atoms with Crippen molar-refractivity contribution < 1.29 is 13.2 Å². The van der Waals surface area contributed by atoms with Crippen molar-refractivity contribution in [1.29, 1.82) is 5.26 Å². The Kier molecular flexibility index (Phi) is 7.91. The Morgan fingerprint density at radius 2 is 1.85 bits per heavy atom. The predicted molar refractivity (Wildman–Crippen MR) is 153 cm³/mol. The first-order chi connectivity index (χ1) is 19.1. The lowest BCUT2D eigenvalue weighted by Crippen LogP contribution is -2.42. The van der Waals surface area contributed by atoms with Crippen molar-refractivity contribution in [3.63, 3.8) is 0 Å². The number of pyridine rings is 2. The minimum absolute atomic E-state index is 0.136. The van der Waals surface area contributed by atoms with E-state index in [0.29, 0.717) is 57.5 Å². The van der Waals surface area contributed by atoms with Crippen LogP contribution in [-0.4, -0.2) is 70.6 Å². The van der Waals surface area contributed by atoms with E-state index in [1.54, 1.807) is 43.6 Å². The maximum atomic E-state index is 13.2. The van der Waals surface area contributed by atoms with E-state index < -0.39 is 9.84 Å². The molecule has 4 aromatic rings. The number of sulfone groups is 1. The quantitative estimate of drug-likeness (QED) is 0.335. The fourth-order valence-corrected chi connectivity index (χ4v) is 6.21. The van der Waals surface area contributed by atoms with Gasteiger partial charge in [0.1, 0.15) is 23.9 Å². The fraction of sp³-hybridized carbons (Fsp3) is 0.269. The summed E-state index contributed by atoms with van der Waals surface area (Å²) in [6, 6.07) is 10.3. The van der Waals surface area contributed by atoms with E-state index in [1.165, 1.54) is 10.8 Å². The van der Waals surface area contributed by atoms with E-state index in [9.17, 15) is 18.5 Å². The Morgan fingerprint density at radius 3 is 2.55 bits per heavy atom. The van der Waals surface area contributed by atoms with Gasteiger partial charge in [0.05, 0.1) is 39.0 Å². The van der Waals surface area contributed by atoms with Crippen LogP contribution in [-0.2, 0) is 16.9 Å². The Balaban J connectivity index is 1.32. The highest BCUT2D eigenvalue weighted by atomic mass is 35.5. The van der Waals surface area contributed by atoms with Gasteiger partial charge >= 0.3 is 0 Å². The molecular weight excluding hydrogens is 577 g/mol. The Bertz CT molecular complexity index is 1790. The van der Waals surface area contributed by atoms with Gasteiger partial charge in [-0.1, -0.05) is 29.3 Å². The zero-order chi connectivity index (χ0) is 28.4. The smallest absolute Gasteiger partial charge is 0.259 e. The molecule has 1 aromatic carbocycles. The number of aryl methyl sites for hydroxylation is 1. The number of anilines is 2. The first-order valence-corrected chi connectivity index (χ1v) is 14.8. The monoisotopic (exact) mass is 599 g/mol. The SMILES string of the molecule is Cn1c(=O)c(-c2c(Cl)cccc2Cl)cc2cnc(Nc3cnc(OCCN4CCS(=O)(=O)CC4)c(C#N)c3)nc21. The van der Waals surface area contributed by atoms with Crippen LogP contribution in [0.15, 0.2) is 47.5 Å². The molecule has 1 fully saturated rings. The van der Waals surface area contributed by atoms with Crippen molar-refractivity contribution >= 4 is 55.7 Å². The third-order valence-electron chi connectivity index (χ3n) is 6.49. The third kappa shape index (κ3) is 5.88. The zero-order valence-electron chi connectivity index (χ0n) is 21.3. The van der Waals surface area contributed by atoms with E-state index in [-0.39, 0.29) is 41.1 Å². The highest BCUT2D eigenvalue weighted by Gasteiger charge is 2.21. The lowest BCUT2D eigenvalue weighted by atomic mass is 10.1. The van der Waals surface area contributed by atoms with Gasteiger partial charge in [0.2, 0.25) is 11.8 Å². The standard InChI is InChI=1S/C26H23Cl2N7O4S/c1-34-23-17(12-19(25(34)36)22-20(27)3-2-4-21(22)28)14-31-26(33-23)32-18-11-16(13-29)24(30-15-18)39-8-5-35-6-9-40(37,38)10-7-35/h2-4,11-12,14-15H,5-10H2,1H3,(H,31,32,33). The van der Waals surface area contributed by atoms with Crippen LogP contribution in [0, 0.1) is 11.3 Å². The molecule has 0 aliphatic carbocycles. The van der Waals surface area contributed by atoms with E-state index in [2.05, 4.69) is 26.3 Å². The first kappa shape index (κ1) is 27.8. The molecule has 206 valence electrons. The minimum Gasteiger partial charge on any atom is -0.475 e. The van der Waals surface area contributed by atoms with Crippen LogP contribution in [0.3, 0.4) is 0 Å². The normalized spacial score (nSPS) is 15.1. The number of benzene rings is 1. The first-order valence-electron chi connectivity index (χ1n) is 12.2. The van der Waals surface area contributed by atoms with Crippen LogP contribution in [0.4, 0.5) is 11.6 Å². The van der Waals surface area contributed by atoms with Crippen molar-refractivity contribution in [2.75, 3.05) is 43.1 Å². The Morgan fingerprint density at radius 1 is 1.12 bits per heavy atom. The fourth-order valence-electron chi connectivity index (χ4n) is 4.33. The summed E-state index contributed by atoms with van der Waals surface area (Å²) < 4.78 is 30.3. The molecule has 5 rings (SSSR count). The van der Waals surface area contributed by atoms with Gasteiger partial charge in [0, 0.05) is 43.8 Å². The molecule has 0 amide bonds. The number of halogens is 2. The lowest BCUT2D eigenvalue weighted by Gasteiger charge is -2.26. The van der Waals surface area contributed by atoms with Gasteiger partial charge < -0.3 is 10.1 Å². The summed E-state index contributed by atoms with van der Waals surface area (Å²) in [5, 5.41) is 13.9. The molecule has 1 aliphatic rings. The molecular formula is C26H23Cl2N7O4S. The van der Waals surface area contributed by atoms with Gasteiger partial charge in [-0.15, -0.1) is 0 Å². The summed E-state index contributed by atoms with van der Waals surface area (Å²) in [4.78, 5) is 28.3. The maximum Gasteiger partial charge on any atom is 0.259 e. The topological polar surface area (TPSA) is 143 Å². The second-order valence-corrected chi connectivity index (χ2v) is 12.3. The lowest BCUT2D eigenvalue weighted by molar-refractivity contribution is 0.214. The predicted octanol–water partition coefficient (Wildman–Crippen LogP) is 3.42. The van der Waals surface area contributed by atoms with Crippen LogP contribution in [0.1, 0.15) is 5.56 Å². The summed E-state index contributed by atoms with van der Waals surface area (Å²) in [6.07, 6.45) is 3.05. The molecule has 0 atom stereocenters. The number of rotatable bonds is 7. The van der Waals surface area contributed by atoms with Crippen molar-refractivity contribution in [2.24, 2.45) is 7.05 Å². The average molecular weight is 600 g/mol. The Hall–Kier alpha value is -3.76. The Labute approximate surface area is 239 Å². The van der Waals surface area contributed by atoms with E-state index in [4.69, 9.17) is 27.9 Å². The number of aromatic nitrogens is 4. The number of ether oxygens (including phenoxy) is 1. The van der Waals surface area contributed by atoms with Crippen LogP contribution in [0.2, 0.25) is 10.0 Å². The highest BCUT2D eigenvalue weighted by molar-refractivity contribution is 7.91. The largest absolute Gasteiger partial charge is 0.475 e. The molecule has 1 N–H and O–H groups in total. The molecule has 40 heavy (non-hydrogen) atoms. The average Bonchev–Trinajstić information content (AvgIpc) is 2.93. The molecule has 3 aromatic heterocycles. The molecule has 0 radical (unpaired) electrons. The third-order valence-corrected chi connectivity index (χ3v) is 8.73. The van der Waals surface area contributed by atoms with Gasteiger partial charge in [-0.3, -0.25) is 14.3 Å². The number of hydrogen-bond donors (Lipinski definition) is 1. The van der Waals surface area contributed by atoms with Crippen molar-refractivity contribution in [3.05, 3.63) is 68.7 Å². The van der Waals surface area contributed by atoms with E-state index >= 15 is 0 Å². The van der Waals surface area contributed by atoms with Crippen LogP contribution in [0.25, 0.3) is 22.2 Å². The molecule has 1 saturated heterocycles. The van der Waals surface area contributed by atoms with Gasteiger partial charge in [-0.05, 0) is 24.3 Å². The van der Waals surface area contributed by atoms with Crippen molar-refractivity contribution in [3.8, 4) is 23.1 Å².